The number of piperidine rings is 1. The first kappa shape index (κ1) is 24.0. The Balaban J connectivity index is 1.63. The summed E-state index contributed by atoms with van der Waals surface area (Å²) < 4.78 is 5.50. The maximum absolute atomic E-state index is 13.5. The van der Waals surface area contributed by atoms with Gasteiger partial charge in [0.15, 0.2) is 0 Å². The van der Waals surface area contributed by atoms with Gasteiger partial charge in [0.25, 0.3) is 0 Å². The molecule has 2 aromatic rings. The molecule has 1 aromatic heterocycles. The second kappa shape index (κ2) is 8.59. The number of rotatable bonds is 2. The fraction of sp³-hybridized carbons (Fsp3) is 0.462. The summed E-state index contributed by atoms with van der Waals surface area (Å²) in [4.78, 5) is 33.9. The first-order chi connectivity index (χ1) is 15.9. The highest BCUT2D eigenvalue weighted by Gasteiger charge is 2.47. The Kier molecular flexibility index (Phi) is 6.07. The fourth-order valence-electron chi connectivity index (χ4n) is 4.60. The molecule has 4 rings (SSSR count). The standard InChI is InChI=1S/C26H29ClN4O3/c1-25(2,3)34-24(33)30-11-9-16(10-12-30)17-13-21-22(29-15-17)26(4,5)23(32)31(21)20-8-6-7-19(27)18(20)14-28/h6-8,13,15-16H,9-12H2,1-5H3. The van der Waals surface area contributed by atoms with E-state index < -0.39 is 11.0 Å². The van der Waals surface area contributed by atoms with Gasteiger partial charge < -0.3 is 9.64 Å². The van der Waals surface area contributed by atoms with Crippen LogP contribution < -0.4 is 4.90 Å². The van der Waals surface area contributed by atoms with Crippen LogP contribution in [0.4, 0.5) is 16.2 Å². The molecule has 0 radical (unpaired) electrons. The lowest BCUT2D eigenvalue weighted by Gasteiger charge is -2.33. The maximum Gasteiger partial charge on any atom is 0.410 e. The highest BCUT2D eigenvalue weighted by atomic mass is 35.5. The number of benzene rings is 1. The lowest BCUT2D eigenvalue weighted by atomic mass is 9.87. The molecule has 3 heterocycles. The average Bonchev–Trinajstić information content (AvgIpc) is 2.97. The van der Waals surface area contributed by atoms with Crippen LogP contribution in [0.1, 0.15) is 70.2 Å². The SMILES string of the molecule is CC(C)(C)OC(=O)N1CCC(c2cnc3c(c2)N(c2cccc(Cl)c2C#N)C(=O)C3(C)C)CC1. The molecule has 1 saturated heterocycles. The van der Waals surface area contributed by atoms with E-state index in [-0.39, 0.29) is 23.5 Å². The summed E-state index contributed by atoms with van der Waals surface area (Å²) in [6, 6.07) is 9.25. The fourth-order valence-corrected chi connectivity index (χ4v) is 4.82. The van der Waals surface area contributed by atoms with Gasteiger partial charge in [0.2, 0.25) is 5.91 Å². The molecule has 0 aliphatic carbocycles. The van der Waals surface area contributed by atoms with Crippen molar-refractivity contribution in [2.45, 2.75) is 64.4 Å². The highest BCUT2D eigenvalue weighted by molar-refractivity contribution is 6.32. The number of nitriles is 1. The molecule has 7 nitrogen and oxygen atoms in total. The van der Waals surface area contributed by atoms with E-state index in [1.54, 1.807) is 28.0 Å². The Hall–Kier alpha value is -3.11. The third-order valence-corrected chi connectivity index (χ3v) is 6.74. The van der Waals surface area contributed by atoms with Gasteiger partial charge in [-0.2, -0.15) is 5.26 Å². The van der Waals surface area contributed by atoms with Crippen molar-refractivity contribution in [3.8, 4) is 6.07 Å². The van der Waals surface area contributed by atoms with E-state index in [1.165, 1.54) is 0 Å². The number of pyridine rings is 1. The number of halogens is 1. The Morgan fingerprint density at radius 3 is 2.53 bits per heavy atom. The maximum atomic E-state index is 13.5. The van der Waals surface area contributed by atoms with Gasteiger partial charge >= 0.3 is 6.09 Å². The van der Waals surface area contributed by atoms with Gasteiger partial charge in [0.05, 0.1) is 33.1 Å². The summed E-state index contributed by atoms with van der Waals surface area (Å²) in [5, 5.41) is 10.00. The van der Waals surface area contributed by atoms with Crippen molar-refractivity contribution >= 4 is 35.0 Å². The average molecular weight is 481 g/mol. The third-order valence-electron chi connectivity index (χ3n) is 6.42. The molecule has 8 heteroatoms. The summed E-state index contributed by atoms with van der Waals surface area (Å²) in [6.07, 6.45) is 3.10. The zero-order valence-electron chi connectivity index (χ0n) is 20.2. The Labute approximate surface area is 205 Å². The third kappa shape index (κ3) is 4.23. The van der Waals surface area contributed by atoms with Gasteiger partial charge in [-0.1, -0.05) is 17.7 Å². The Morgan fingerprint density at radius 1 is 1.24 bits per heavy atom. The topological polar surface area (TPSA) is 86.5 Å². The molecule has 1 fully saturated rings. The number of amides is 2. The number of anilines is 2. The first-order valence-electron chi connectivity index (χ1n) is 11.5. The molecule has 2 amide bonds. The molecule has 178 valence electrons. The van der Waals surface area contributed by atoms with E-state index in [0.717, 1.165) is 18.4 Å². The van der Waals surface area contributed by atoms with E-state index >= 15 is 0 Å². The minimum absolute atomic E-state index is 0.148. The van der Waals surface area contributed by atoms with Gasteiger partial charge in [-0.05, 0) is 77.1 Å². The Morgan fingerprint density at radius 2 is 1.91 bits per heavy atom. The van der Waals surface area contributed by atoms with Gasteiger partial charge in [0.1, 0.15) is 11.7 Å². The normalized spacial score (nSPS) is 18.0. The summed E-state index contributed by atoms with van der Waals surface area (Å²) >= 11 is 6.27. The van der Waals surface area contributed by atoms with E-state index in [4.69, 9.17) is 21.3 Å². The molecule has 0 saturated carbocycles. The van der Waals surface area contributed by atoms with Crippen molar-refractivity contribution < 1.29 is 14.3 Å². The number of nitrogens with zero attached hydrogens (tertiary/aromatic N) is 4. The monoisotopic (exact) mass is 480 g/mol. The zero-order chi connectivity index (χ0) is 24.8. The summed E-state index contributed by atoms with van der Waals surface area (Å²) in [5.41, 5.74) is 1.74. The Bertz CT molecular complexity index is 1190. The van der Waals surface area contributed by atoms with Crippen LogP contribution in [0.25, 0.3) is 0 Å². The van der Waals surface area contributed by atoms with Gasteiger partial charge in [0, 0.05) is 19.3 Å². The molecule has 0 N–H and O–H groups in total. The lowest BCUT2D eigenvalue weighted by Crippen LogP contribution is -2.41. The largest absolute Gasteiger partial charge is 0.444 e. The number of ether oxygens (including phenoxy) is 1. The predicted octanol–water partition coefficient (Wildman–Crippen LogP) is 5.68. The zero-order valence-corrected chi connectivity index (χ0v) is 20.9. The molecule has 0 spiro atoms. The van der Waals surface area contributed by atoms with Crippen LogP contribution in [0.2, 0.25) is 5.02 Å². The van der Waals surface area contributed by atoms with Gasteiger partial charge in [-0.3, -0.25) is 14.7 Å². The molecule has 0 atom stereocenters. The molecular formula is C26H29ClN4O3. The number of carbonyl (C=O) groups excluding carboxylic acids is 2. The lowest BCUT2D eigenvalue weighted by molar-refractivity contribution is -0.121. The molecule has 1 aromatic carbocycles. The van der Waals surface area contributed by atoms with Crippen LogP contribution in [0, 0.1) is 11.3 Å². The second-order valence-corrected chi connectivity index (χ2v) is 10.8. The molecule has 0 unspecified atom stereocenters. The van der Waals surface area contributed by atoms with Crippen molar-refractivity contribution in [3.05, 3.63) is 52.3 Å². The van der Waals surface area contributed by atoms with Crippen molar-refractivity contribution in [1.82, 2.24) is 9.88 Å². The smallest absolute Gasteiger partial charge is 0.410 e. The van der Waals surface area contributed by atoms with E-state index in [9.17, 15) is 14.9 Å². The molecule has 2 aliphatic heterocycles. The summed E-state index contributed by atoms with van der Waals surface area (Å²) in [6.45, 7) is 10.5. The number of fused-ring (bicyclic) bond motifs is 1. The predicted molar refractivity (Wildman–Crippen MR) is 130 cm³/mol. The van der Waals surface area contributed by atoms with Crippen molar-refractivity contribution in [3.63, 3.8) is 0 Å². The van der Waals surface area contributed by atoms with Crippen molar-refractivity contribution in [1.29, 1.82) is 5.26 Å². The number of aromatic nitrogens is 1. The number of hydrogen-bond acceptors (Lipinski definition) is 5. The van der Waals surface area contributed by atoms with Crippen LogP contribution >= 0.6 is 11.6 Å². The van der Waals surface area contributed by atoms with Crippen LogP contribution in [-0.2, 0) is 14.9 Å². The minimum atomic E-state index is -0.830. The summed E-state index contributed by atoms with van der Waals surface area (Å²) in [5.74, 6) is 0.0533. The first-order valence-corrected chi connectivity index (χ1v) is 11.8. The van der Waals surface area contributed by atoms with Crippen LogP contribution in [0.15, 0.2) is 30.5 Å². The number of hydrogen-bond donors (Lipinski definition) is 0. The van der Waals surface area contributed by atoms with Gasteiger partial charge in [-0.25, -0.2) is 4.79 Å². The minimum Gasteiger partial charge on any atom is -0.444 e. The van der Waals surface area contributed by atoms with Crippen LogP contribution in [0.3, 0.4) is 0 Å². The molecule has 34 heavy (non-hydrogen) atoms. The highest BCUT2D eigenvalue weighted by Crippen LogP contribution is 2.47. The number of likely N-dealkylation sites (tertiary alicyclic amines) is 1. The van der Waals surface area contributed by atoms with Crippen LogP contribution in [0.5, 0.6) is 0 Å². The van der Waals surface area contributed by atoms with E-state index in [0.29, 0.717) is 35.2 Å². The molecule has 2 aliphatic rings. The van der Waals surface area contributed by atoms with E-state index in [2.05, 4.69) is 6.07 Å². The van der Waals surface area contributed by atoms with Crippen molar-refractivity contribution in [2.24, 2.45) is 0 Å². The molecular weight excluding hydrogens is 452 g/mol. The number of carbonyl (C=O) groups is 2. The quantitative estimate of drug-likeness (QED) is 0.552. The van der Waals surface area contributed by atoms with Gasteiger partial charge in [-0.15, -0.1) is 0 Å². The van der Waals surface area contributed by atoms with E-state index in [1.807, 2.05) is 46.9 Å². The van der Waals surface area contributed by atoms with Crippen molar-refractivity contribution in [2.75, 3.05) is 18.0 Å². The summed E-state index contributed by atoms with van der Waals surface area (Å²) in [7, 11) is 0. The van der Waals surface area contributed by atoms with Crippen LogP contribution in [-0.4, -0.2) is 40.6 Å². The second-order valence-electron chi connectivity index (χ2n) is 10.4. The molecule has 0 bridgehead atoms.